The van der Waals surface area contributed by atoms with Crippen molar-refractivity contribution in [3.05, 3.63) is 77.1 Å². The van der Waals surface area contributed by atoms with Crippen molar-refractivity contribution in [3.63, 3.8) is 0 Å². The molecule has 0 aromatic heterocycles. The van der Waals surface area contributed by atoms with E-state index < -0.39 is 24.5 Å². The number of nitrogens with one attached hydrogen (secondary N) is 1. The highest BCUT2D eigenvalue weighted by Crippen LogP contribution is 2.47. The first-order chi connectivity index (χ1) is 15.7. The molecule has 1 atom stereocenters. The third-order valence-electron chi connectivity index (χ3n) is 5.44. The number of carbonyl (C=O) groups excluding carboxylic acids is 2. The van der Waals surface area contributed by atoms with Crippen LogP contribution in [0, 0.1) is 7.14 Å². The summed E-state index contributed by atoms with van der Waals surface area (Å²) in [5, 5.41) is 12.2. The molecule has 1 aliphatic heterocycles. The third kappa shape index (κ3) is 4.27. The zero-order valence-corrected chi connectivity index (χ0v) is 22.0. The number of carboxylic acids is 1. The maximum absolute atomic E-state index is 13.5. The Hall–Kier alpha value is -2.41. The fourth-order valence-electron chi connectivity index (χ4n) is 4.16. The number of dihydropyridines is 1. The predicted molar refractivity (Wildman–Crippen MR) is 138 cm³/mol. The second-order valence-corrected chi connectivity index (χ2v) is 9.80. The number of allylic oxidation sites excluding steroid dienone is 2. The molecule has 9 heteroatoms. The number of fused-ring (bicyclic) bond motifs is 2. The Morgan fingerprint density at radius 2 is 1.76 bits per heavy atom. The fraction of sp³-hybridized carbons (Fsp3) is 0.208. The summed E-state index contributed by atoms with van der Waals surface area (Å²) in [6.45, 7) is 3.28. The summed E-state index contributed by atoms with van der Waals surface area (Å²) in [7, 11) is 0. The quantitative estimate of drug-likeness (QED) is 0.345. The molecule has 170 valence electrons. The molecule has 2 aromatic rings. The molecule has 7 nitrogen and oxygen atoms in total. The van der Waals surface area contributed by atoms with E-state index in [1.807, 2.05) is 30.3 Å². The number of hydrogen-bond donors (Lipinski definition) is 2. The lowest BCUT2D eigenvalue weighted by Gasteiger charge is -2.29. The molecule has 0 saturated heterocycles. The minimum Gasteiger partial charge on any atom is -0.480 e. The molecular weight excluding hydrogens is 652 g/mol. The number of ether oxygens (including phenoxy) is 2. The Bertz CT molecular complexity index is 1240. The molecule has 0 saturated carbocycles. The van der Waals surface area contributed by atoms with Crippen molar-refractivity contribution < 1.29 is 29.0 Å². The van der Waals surface area contributed by atoms with Gasteiger partial charge in [0, 0.05) is 28.3 Å². The van der Waals surface area contributed by atoms with Gasteiger partial charge in [-0.15, -0.1) is 0 Å². The van der Waals surface area contributed by atoms with Gasteiger partial charge in [0.15, 0.2) is 12.4 Å². The van der Waals surface area contributed by atoms with E-state index in [4.69, 9.17) is 14.6 Å². The van der Waals surface area contributed by atoms with Crippen molar-refractivity contribution >= 4 is 68.6 Å². The van der Waals surface area contributed by atoms with Crippen LogP contribution in [-0.4, -0.2) is 36.0 Å². The summed E-state index contributed by atoms with van der Waals surface area (Å²) < 4.78 is 12.2. The maximum atomic E-state index is 13.5. The molecule has 2 aromatic carbocycles. The van der Waals surface area contributed by atoms with Crippen LogP contribution in [-0.2, 0) is 14.3 Å². The molecule has 1 heterocycles. The number of Topliss-reactive ketones (excluding diaryl/α,β-unsaturated/α-hetero) is 1. The molecule has 0 radical (unpaired) electrons. The van der Waals surface area contributed by atoms with Gasteiger partial charge in [0.05, 0.1) is 25.0 Å². The van der Waals surface area contributed by atoms with E-state index in [1.54, 1.807) is 19.9 Å². The van der Waals surface area contributed by atoms with E-state index in [-0.39, 0.29) is 12.4 Å². The van der Waals surface area contributed by atoms with Crippen molar-refractivity contribution in [2.45, 2.75) is 19.8 Å². The van der Waals surface area contributed by atoms with Crippen LogP contribution in [0.1, 0.15) is 41.3 Å². The SMILES string of the molecule is CCOC(=O)C1=C(C)NC2=C(C(=O)c3ccccc32)[C@H]1c1cc(I)c(OCC(=O)O)c(I)c1. The zero-order chi connectivity index (χ0) is 23.9. The molecule has 0 amide bonds. The van der Waals surface area contributed by atoms with Crippen molar-refractivity contribution in [3.8, 4) is 5.75 Å². The number of halogens is 2. The number of hydrogen-bond acceptors (Lipinski definition) is 6. The van der Waals surface area contributed by atoms with Gasteiger partial charge >= 0.3 is 11.9 Å². The van der Waals surface area contributed by atoms with E-state index in [2.05, 4.69) is 50.5 Å². The minimum atomic E-state index is -1.07. The molecule has 0 fully saturated rings. The van der Waals surface area contributed by atoms with Crippen molar-refractivity contribution in [1.82, 2.24) is 5.32 Å². The Balaban J connectivity index is 1.89. The van der Waals surface area contributed by atoms with E-state index in [0.717, 1.165) is 11.1 Å². The highest BCUT2D eigenvalue weighted by molar-refractivity contribution is 14.1. The lowest BCUT2D eigenvalue weighted by Crippen LogP contribution is -2.29. The van der Waals surface area contributed by atoms with Crippen molar-refractivity contribution in [2.75, 3.05) is 13.2 Å². The zero-order valence-electron chi connectivity index (χ0n) is 17.7. The number of rotatable bonds is 6. The summed E-state index contributed by atoms with van der Waals surface area (Å²) >= 11 is 4.15. The highest BCUT2D eigenvalue weighted by atomic mass is 127. The topological polar surface area (TPSA) is 102 Å². The van der Waals surface area contributed by atoms with E-state index >= 15 is 0 Å². The Morgan fingerprint density at radius 1 is 1.12 bits per heavy atom. The second kappa shape index (κ2) is 9.45. The van der Waals surface area contributed by atoms with Gasteiger partial charge in [0.2, 0.25) is 0 Å². The molecular formula is C24H19I2NO6. The van der Waals surface area contributed by atoms with Crippen LogP contribution in [0.2, 0.25) is 0 Å². The summed E-state index contributed by atoms with van der Waals surface area (Å²) in [6, 6.07) is 11.0. The predicted octanol–water partition coefficient (Wildman–Crippen LogP) is 4.49. The summed E-state index contributed by atoms with van der Waals surface area (Å²) in [5.41, 5.74) is 4.31. The van der Waals surface area contributed by atoms with Crippen LogP contribution in [0.15, 0.2) is 53.2 Å². The van der Waals surface area contributed by atoms with Crippen LogP contribution >= 0.6 is 45.2 Å². The average Bonchev–Trinajstić information content (AvgIpc) is 3.04. The molecule has 4 rings (SSSR count). The first kappa shape index (κ1) is 23.7. The van der Waals surface area contributed by atoms with Gasteiger partial charge in [-0.1, -0.05) is 24.3 Å². The molecule has 0 bridgehead atoms. The van der Waals surface area contributed by atoms with Crippen molar-refractivity contribution in [1.29, 1.82) is 0 Å². The smallest absolute Gasteiger partial charge is 0.341 e. The van der Waals surface area contributed by atoms with Gasteiger partial charge in [0.1, 0.15) is 5.75 Å². The van der Waals surface area contributed by atoms with Crippen LogP contribution in [0.3, 0.4) is 0 Å². The Morgan fingerprint density at radius 3 is 2.36 bits per heavy atom. The lowest BCUT2D eigenvalue weighted by atomic mass is 9.80. The number of benzene rings is 2. The standard InChI is InChI=1S/C24H19I2NO6/c1-3-32-24(31)18-11(2)27-21-13-6-4-5-7-14(13)22(30)20(21)19(18)12-8-15(25)23(16(26)9-12)33-10-17(28)29/h4-9,19,27H,3,10H2,1-2H3,(H,28,29)/t19-/m0/s1. The number of carbonyl (C=O) groups is 3. The van der Waals surface area contributed by atoms with Crippen LogP contribution in [0.4, 0.5) is 0 Å². The number of esters is 1. The molecule has 0 unspecified atom stereocenters. The highest BCUT2D eigenvalue weighted by Gasteiger charge is 2.43. The van der Waals surface area contributed by atoms with Gasteiger partial charge < -0.3 is 19.9 Å². The summed E-state index contributed by atoms with van der Waals surface area (Å²) in [4.78, 5) is 37.5. The summed E-state index contributed by atoms with van der Waals surface area (Å²) in [5.74, 6) is -1.89. The van der Waals surface area contributed by atoms with E-state index in [9.17, 15) is 14.4 Å². The Labute approximate surface area is 217 Å². The molecule has 1 aliphatic carbocycles. The number of ketones is 1. The lowest BCUT2D eigenvalue weighted by molar-refractivity contribution is -0.140. The molecule has 2 aliphatic rings. The molecule has 0 spiro atoms. The average molecular weight is 671 g/mol. The van der Waals surface area contributed by atoms with E-state index in [0.29, 0.717) is 41.0 Å². The monoisotopic (exact) mass is 671 g/mol. The van der Waals surface area contributed by atoms with Crippen LogP contribution < -0.4 is 10.1 Å². The first-order valence-electron chi connectivity index (χ1n) is 10.1. The molecule has 33 heavy (non-hydrogen) atoms. The normalized spacial score (nSPS) is 16.8. The largest absolute Gasteiger partial charge is 0.480 e. The van der Waals surface area contributed by atoms with Gasteiger partial charge in [-0.2, -0.15) is 0 Å². The van der Waals surface area contributed by atoms with Crippen LogP contribution in [0.5, 0.6) is 5.75 Å². The van der Waals surface area contributed by atoms with Gasteiger partial charge in [-0.05, 0) is 76.7 Å². The Kier molecular flexibility index (Phi) is 6.80. The number of aliphatic carboxylic acids is 1. The van der Waals surface area contributed by atoms with Gasteiger partial charge in [0.25, 0.3) is 0 Å². The van der Waals surface area contributed by atoms with Crippen LogP contribution in [0.25, 0.3) is 5.70 Å². The van der Waals surface area contributed by atoms with E-state index in [1.165, 1.54) is 0 Å². The summed E-state index contributed by atoms with van der Waals surface area (Å²) in [6.07, 6.45) is 0. The third-order valence-corrected chi connectivity index (χ3v) is 7.04. The second-order valence-electron chi connectivity index (χ2n) is 7.48. The fourth-order valence-corrected chi connectivity index (χ4v) is 6.29. The minimum absolute atomic E-state index is 0.136. The molecule has 2 N–H and O–H groups in total. The first-order valence-corrected chi connectivity index (χ1v) is 12.3. The maximum Gasteiger partial charge on any atom is 0.341 e. The van der Waals surface area contributed by atoms with Crippen molar-refractivity contribution in [2.24, 2.45) is 0 Å². The number of carboxylic acid groups (broad SMARTS) is 1. The van der Waals surface area contributed by atoms with Gasteiger partial charge in [-0.3, -0.25) is 4.79 Å². The van der Waals surface area contributed by atoms with Gasteiger partial charge in [-0.25, -0.2) is 9.59 Å².